The number of thiazole rings is 1. The van der Waals surface area contributed by atoms with Gasteiger partial charge in [-0.15, -0.1) is 11.3 Å². The zero-order valence-electron chi connectivity index (χ0n) is 10.4. The predicted molar refractivity (Wildman–Crippen MR) is 70.4 cm³/mol. The molecule has 0 radical (unpaired) electrons. The molecular weight excluding hydrogens is 234 g/mol. The first-order valence-corrected chi connectivity index (χ1v) is 7.22. The minimum absolute atomic E-state index is 0.367. The molecule has 0 spiro atoms. The summed E-state index contributed by atoms with van der Waals surface area (Å²) < 4.78 is 5.33. The zero-order valence-corrected chi connectivity index (χ0v) is 11.2. The van der Waals surface area contributed by atoms with Crippen LogP contribution in [0.4, 0.5) is 0 Å². The maximum atomic E-state index is 5.33. The average molecular weight is 255 g/mol. The van der Waals surface area contributed by atoms with Gasteiger partial charge in [-0.3, -0.25) is 4.90 Å². The Morgan fingerprint density at radius 3 is 3.06 bits per heavy atom. The summed E-state index contributed by atoms with van der Waals surface area (Å²) in [5, 5.41) is 5.62. The molecule has 1 aromatic rings. The van der Waals surface area contributed by atoms with Crippen molar-refractivity contribution in [2.75, 3.05) is 39.4 Å². The second-order valence-corrected chi connectivity index (χ2v) is 5.12. The molecule has 0 aromatic carbocycles. The van der Waals surface area contributed by atoms with Crippen LogP contribution in [0.25, 0.3) is 0 Å². The van der Waals surface area contributed by atoms with Crippen LogP contribution in [0.1, 0.15) is 25.1 Å². The van der Waals surface area contributed by atoms with Crippen LogP contribution < -0.4 is 5.32 Å². The Hall–Kier alpha value is -0.490. The van der Waals surface area contributed by atoms with Crippen LogP contribution in [0, 0.1) is 0 Å². The van der Waals surface area contributed by atoms with Crippen molar-refractivity contribution >= 4 is 11.3 Å². The maximum absolute atomic E-state index is 5.33. The largest absolute Gasteiger partial charge is 0.379 e. The molecular formula is C12H21N3OS. The second-order valence-electron chi connectivity index (χ2n) is 4.40. The highest BCUT2D eigenvalue weighted by molar-refractivity contribution is 7.07. The van der Waals surface area contributed by atoms with Crippen LogP contribution in [-0.2, 0) is 4.74 Å². The third-order valence-corrected chi connectivity index (χ3v) is 3.71. The van der Waals surface area contributed by atoms with Gasteiger partial charge in [-0.25, -0.2) is 4.98 Å². The van der Waals surface area contributed by atoms with Crippen LogP contribution in [0.2, 0.25) is 0 Å². The van der Waals surface area contributed by atoms with Crippen LogP contribution >= 0.6 is 11.3 Å². The minimum Gasteiger partial charge on any atom is -0.379 e. The van der Waals surface area contributed by atoms with Crippen LogP contribution in [-0.4, -0.2) is 49.3 Å². The van der Waals surface area contributed by atoms with Crippen molar-refractivity contribution in [1.82, 2.24) is 15.2 Å². The van der Waals surface area contributed by atoms with Gasteiger partial charge in [-0.05, 0) is 26.4 Å². The Bertz CT molecular complexity index is 299. The lowest BCUT2D eigenvalue weighted by Gasteiger charge is -2.26. The van der Waals surface area contributed by atoms with Crippen molar-refractivity contribution < 1.29 is 4.74 Å². The zero-order chi connectivity index (χ0) is 11.9. The van der Waals surface area contributed by atoms with Gasteiger partial charge in [0.15, 0.2) is 0 Å². The molecule has 5 heteroatoms. The first-order chi connectivity index (χ1) is 8.36. The fourth-order valence-electron chi connectivity index (χ4n) is 1.99. The van der Waals surface area contributed by atoms with Gasteiger partial charge < -0.3 is 10.1 Å². The van der Waals surface area contributed by atoms with E-state index in [0.29, 0.717) is 6.04 Å². The maximum Gasteiger partial charge on any atom is 0.0795 e. The van der Waals surface area contributed by atoms with Crippen molar-refractivity contribution in [3.05, 3.63) is 16.6 Å². The molecule has 4 nitrogen and oxygen atoms in total. The molecule has 96 valence electrons. The summed E-state index contributed by atoms with van der Waals surface area (Å²) >= 11 is 1.66. The SMILES string of the molecule is CC(NCCCN1CCOCC1)c1cscn1. The lowest BCUT2D eigenvalue weighted by Crippen LogP contribution is -2.37. The lowest BCUT2D eigenvalue weighted by atomic mass is 10.2. The second kappa shape index (κ2) is 7.06. The van der Waals surface area contributed by atoms with Gasteiger partial charge in [0.1, 0.15) is 0 Å². The van der Waals surface area contributed by atoms with E-state index in [1.807, 2.05) is 5.51 Å². The molecule has 1 aromatic heterocycles. The van der Waals surface area contributed by atoms with Gasteiger partial charge in [-0.1, -0.05) is 0 Å². The van der Waals surface area contributed by atoms with E-state index < -0.39 is 0 Å². The molecule has 0 amide bonds. The van der Waals surface area contributed by atoms with E-state index in [0.717, 1.165) is 38.5 Å². The highest BCUT2D eigenvalue weighted by Crippen LogP contribution is 2.11. The normalized spacial score (nSPS) is 19.4. The first-order valence-electron chi connectivity index (χ1n) is 6.28. The first kappa shape index (κ1) is 13.0. The summed E-state index contributed by atoms with van der Waals surface area (Å²) in [5.41, 5.74) is 3.04. The number of rotatable bonds is 6. The fourth-order valence-corrected chi connectivity index (χ4v) is 2.63. The quantitative estimate of drug-likeness (QED) is 0.782. The molecule has 0 bridgehead atoms. The van der Waals surface area contributed by atoms with Crippen molar-refractivity contribution in [3.63, 3.8) is 0 Å². The number of morpholine rings is 1. The van der Waals surface area contributed by atoms with Crippen LogP contribution in [0.15, 0.2) is 10.9 Å². The molecule has 1 aliphatic heterocycles. The molecule has 1 N–H and O–H groups in total. The summed E-state index contributed by atoms with van der Waals surface area (Å²) in [6, 6.07) is 0.367. The fraction of sp³-hybridized carbons (Fsp3) is 0.750. The van der Waals surface area contributed by atoms with Crippen LogP contribution in [0.3, 0.4) is 0 Å². The molecule has 2 rings (SSSR count). The van der Waals surface area contributed by atoms with E-state index in [2.05, 4.69) is 27.5 Å². The van der Waals surface area contributed by atoms with E-state index in [4.69, 9.17) is 4.74 Å². The van der Waals surface area contributed by atoms with Crippen molar-refractivity contribution in [1.29, 1.82) is 0 Å². The van der Waals surface area contributed by atoms with E-state index in [9.17, 15) is 0 Å². The van der Waals surface area contributed by atoms with Crippen molar-refractivity contribution in [2.45, 2.75) is 19.4 Å². The van der Waals surface area contributed by atoms with E-state index in [-0.39, 0.29) is 0 Å². The smallest absolute Gasteiger partial charge is 0.0795 e. The summed E-state index contributed by atoms with van der Waals surface area (Å²) in [5.74, 6) is 0. The highest BCUT2D eigenvalue weighted by Gasteiger charge is 2.10. The number of aromatic nitrogens is 1. The minimum atomic E-state index is 0.367. The van der Waals surface area contributed by atoms with Gasteiger partial charge in [-0.2, -0.15) is 0 Å². The molecule has 1 fully saturated rings. The summed E-state index contributed by atoms with van der Waals surface area (Å²) in [7, 11) is 0. The Morgan fingerprint density at radius 2 is 2.35 bits per heavy atom. The third-order valence-electron chi connectivity index (χ3n) is 3.10. The van der Waals surface area contributed by atoms with Gasteiger partial charge in [0.25, 0.3) is 0 Å². The van der Waals surface area contributed by atoms with Gasteiger partial charge in [0, 0.05) is 24.5 Å². The molecule has 0 aliphatic carbocycles. The molecule has 0 saturated carbocycles. The number of hydrogen-bond donors (Lipinski definition) is 1. The van der Waals surface area contributed by atoms with E-state index in [1.165, 1.54) is 13.0 Å². The Balaban J connectivity index is 1.56. The van der Waals surface area contributed by atoms with Crippen molar-refractivity contribution in [2.24, 2.45) is 0 Å². The number of nitrogens with zero attached hydrogens (tertiary/aromatic N) is 2. The summed E-state index contributed by atoms with van der Waals surface area (Å²) in [6.07, 6.45) is 1.19. The molecule has 1 unspecified atom stereocenters. The summed E-state index contributed by atoms with van der Waals surface area (Å²) in [6.45, 7) is 8.34. The van der Waals surface area contributed by atoms with E-state index in [1.54, 1.807) is 11.3 Å². The topological polar surface area (TPSA) is 37.4 Å². The van der Waals surface area contributed by atoms with Crippen molar-refractivity contribution in [3.8, 4) is 0 Å². The highest BCUT2D eigenvalue weighted by atomic mass is 32.1. The Morgan fingerprint density at radius 1 is 1.53 bits per heavy atom. The van der Waals surface area contributed by atoms with Gasteiger partial charge in [0.05, 0.1) is 24.4 Å². The molecule has 17 heavy (non-hydrogen) atoms. The standard InChI is InChI=1S/C12H21N3OS/c1-11(12-9-17-10-14-12)13-3-2-4-15-5-7-16-8-6-15/h9-11,13H,2-8H2,1H3. The van der Waals surface area contributed by atoms with E-state index >= 15 is 0 Å². The van der Waals surface area contributed by atoms with Gasteiger partial charge >= 0.3 is 0 Å². The number of ether oxygens (including phenoxy) is 1. The summed E-state index contributed by atoms with van der Waals surface area (Å²) in [4.78, 5) is 6.78. The van der Waals surface area contributed by atoms with Crippen LogP contribution in [0.5, 0.6) is 0 Å². The lowest BCUT2D eigenvalue weighted by molar-refractivity contribution is 0.0374. The number of nitrogens with one attached hydrogen (secondary N) is 1. The molecule has 1 atom stereocenters. The Labute approximate surface area is 107 Å². The average Bonchev–Trinajstić information content (AvgIpc) is 2.89. The molecule has 2 heterocycles. The molecule has 1 aliphatic rings. The third kappa shape index (κ3) is 4.35. The number of hydrogen-bond acceptors (Lipinski definition) is 5. The Kier molecular flexibility index (Phi) is 5.38. The predicted octanol–water partition coefficient (Wildman–Crippen LogP) is 1.52. The monoisotopic (exact) mass is 255 g/mol. The van der Waals surface area contributed by atoms with Gasteiger partial charge in [0.2, 0.25) is 0 Å². The molecule has 1 saturated heterocycles.